The zero-order chi connectivity index (χ0) is 13.8. The highest BCUT2D eigenvalue weighted by atomic mass is 15.3. The van der Waals surface area contributed by atoms with Gasteiger partial charge in [-0.05, 0) is 24.8 Å². The van der Waals surface area contributed by atoms with Gasteiger partial charge in [-0.1, -0.05) is 51.1 Å². The Labute approximate surface area is 118 Å². The van der Waals surface area contributed by atoms with Crippen LogP contribution in [0.4, 0.5) is 0 Å². The lowest BCUT2D eigenvalue weighted by Crippen LogP contribution is -2.58. The third kappa shape index (κ3) is 3.37. The molecule has 2 rings (SSSR count). The lowest BCUT2D eigenvalue weighted by Gasteiger charge is -2.45. The molecular weight excluding hydrogens is 232 g/mol. The van der Waals surface area contributed by atoms with E-state index in [1.165, 1.54) is 12.0 Å². The maximum Gasteiger partial charge on any atom is 0.0324 e. The molecule has 1 heterocycles. The van der Waals surface area contributed by atoms with E-state index in [9.17, 15) is 0 Å². The average molecular weight is 260 g/mol. The number of piperazine rings is 1. The molecule has 1 fully saturated rings. The summed E-state index contributed by atoms with van der Waals surface area (Å²) in [6, 6.07) is 12.7. The number of hydrogen-bond donors (Lipinski definition) is 1. The van der Waals surface area contributed by atoms with Crippen molar-refractivity contribution in [1.82, 2.24) is 10.2 Å². The number of rotatable bonds is 4. The van der Waals surface area contributed by atoms with Crippen molar-refractivity contribution < 1.29 is 0 Å². The summed E-state index contributed by atoms with van der Waals surface area (Å²) in [4.78, 5) is 2.69. The molecule has 2 heteroatoms. The smallest absolute Gasteiger partial charge is 0.0324 e. The highest BCUT2D eigenvalue weighted by molar-refractivity contribution is 5.19. The van der Waals surface area contributed by atoms with Gasteiger partial charge in [0.2, 0.25) is 0 Å². The van der Waals surface area contributed by atoms with E-state index in [4.69, 9.17) is 0 Å². The van der Waals surface area contributed by atoms with Crippen LogP contribution < -0.4 is 5.32 Å². The van der Waals surface area contributed by atoms with Crippen LogP contribution >= 0.6 is 0 Å². The second kappa shape index (κ2) is 6.53. The second-order valence-electron chi connectivity index (χ2n) is 6.10. The molecule has 106 valence electrons. The van der Waals surface area contributed by atoms with Gasteiger partial charge < -0.3 is 5.32 Å². The molecule has 19 heavy (non-hydrogen) atoms. The van der Waals surface area contributed by atoms with Crippen LogP contribution in [0.1, 0.15) is 45.7 Å². The minimum absolute atomic E-state index is 0.509. The quantitative estimate of drug-likeness (QED) is 0.892. The highest BCUT2D eigenvalue weighted by Gasteiger charge is 2.31. The molecule has 3 unspecified atom stereocenters. The van der Waals surface area contributed by atoms with Crippen molar-refractivity contribution in [2.45, 2.75) is 52.2 Å². The fourth-order valence-electron chi connectivity index (χ4n) is 3.07. The molecule has 1 N–H and O–H groups in total. The summed E-state index contributed by atoms with van der Waals surface area (Å²) in [5, 5.41) is 3.71. The molecule has 1 aromatic carbocycles. The molecular formula is C17H28N2. The Morgan fingerprint density at radius 2 is 1.89 bits per heavy atom. The molecule has 0 saturated carbocycles. The third-order valence-corrected chi connectivity index (χ3v) is 4.55. The summed E-state index contributed by atoms with van der Waals surface area (Å²) in [5.41, 5.74) is 1.44. The molecule has 1 aliphatic heterocycles. The van der Waals surface area contributed by atoms with Gasteiger partial charge in [-0.2, -0.15) is 0 Å². The van der Waals surface area contributed by atoms with Gasteiger partial charge in [-0.15, -0.1) is 0 Å². The molecule has 1 aromatic rings. The van der Waals surface area contributed by atoms with E-state index in [-0.39, 0.29) is 0 Å². The Bertz CT molecular complexity index is 374. The summed E-state index contributed by atoms with van der Waals surface area (Å²) in [7, 11) is 0. The summed E-state index contributed by atoms with van der Waals surface area (Å²) < 4.78 is 0. The van der Waals surface area contributed by atoms with Crippen LogP contribution in [0.15, 0.2) is 30.3 Å². The van der Waals surface area contributed by atoms with Crippen molar-refractivity contribution in [3.05, 3.63) is 35.9 Å². The van der Waals surface area contributed by atoms with Gasteiger partial charge in [-0.3, -0.25) is 4.90 Å². The molecule has 1 saturated heterocycles. The van der Waals surface area contributed by atoms with Crippen LogP contribution in [0, 0.1) is 5.92 Å². The van der Waals surface area contributed by atoms with Gasteiger partial charge in [0.1, 0.15) is 0 Å². The van der Waals surface area contributed by atoms with Gasteiger partial charge in [0, 0.05) is 31.2 Å². The average Bonchev–Trinajstić information content (AvgIpc) is 2.46. The van der Waals surface area contributed by atoms with Crippen LogP contribution in [-0.2, 0) is 0 Å². The van der Waals surface area contributed by atoms with Crippen LogP contribution in [-0.4, -0.2) is 30.1 Å². The van der Waals surface area contributed by atoms with Crippen molar-refractivity contribution >= 4 is 0 Å². The first-order valence-corrected chi connectivity index (χ1v) is 7.67. The highest BCUT2D eigenvalue weighted by Crippen LogP contribution is 2.26. The first-order valence-electron chi connectivity index (χ1n) is 7.67. The van der Waals surface area contributed by atoms with Crippen molar-refractivity contribution in [3.63, 3.8) is 0 Å². The Hall–Kier alpha value is -0.860. The molecule has 0 spiro atoms. The topological polar surface area (TPSA) is 15.3 Å². The summed E-state index contributed by atoms with van der Waals surface area (Å²) >= 11 is 0. The van der Waals surface area contributed by atoms with E-state index in [0.717, 1.165) is 13.1 Å². The first-order chi connectivity index (χ1) is 9.13. The molecule has 0 aliphatic carbocycles. The minimum Gasteiger partial charge on any atom is -0.311 e. The summed E-state index contributed by atoms with van der Waals surface area (Å²) in [6.07, 6.45) is 1.22. The maximum absolute atomic E-state index is 3.71. The van der Waals surface area contributed by atoms with E-state index < -0.39 is 0 Å². The van der Waals surface area contributed by atoms with Crippen LogP contribution in [0.2, 0.25) is 0 Å². The zero-order valence-corrected chi connectivity index (χ0v) is 12.8. The lowest BCUT2D eigenvalue weighted by molar-refractivity contribution is 0.0736. The Morgan fingerprint density at radius 3 is 2.47 bits per heavy atom. The summed E-state index contributed by atoms with van der Waals surface area (Å²) in [6.45, 7) is 11.6. The number of benzene rings is 1. The van der Waals surface area contributed by atoms with Crippen LogP contribution in [0.25, 0.3) is 0 Å². The Balaban J connectivity index is 2.14. The molecule has 0 aromatic heterocycles. The Morgan fingerprint density at radius 1 is 1.21 bits per heavy atom. The standard InChI is InChI=1S/C17H28N2/c1-5-16-11-18-17(13(2)3)12-19(16)14(4)15-9-7-6-8-10-15/h6-10,13-14,16-18H,5,11-12H2,1-4H3. The molecule has 0 radical (unpaired) electrons. The SMILES string of the molecule is CCC1CNC(C(C)C)CN1C(C)c1ccccc1. The predicted molar refractivity (Wildman–Crippen MR) is 82.3 cm³/mol. The van der Waals surface area contributed by atoms with Crippen LogP contribution in [0.3, 0.4) is 0 Å². The van der Waals surface area contributed by atoms with Crippen molar-refractivity contribution in [2.24, 2.45) is 5.92 Å². The molecule has 0 bridgehead atoms. The zero-order valence-electron chi connectivity index (χ0n) is 12.8. The minimum atomic E-state index is 0.509. The van der Waals surface area contributed by atoms with Crippen molar-refractivity contribution in [1.29, 1.82) is 0 Å². The van der Waals surface area contributed by atoms with Gasteiger partial charge >= 0.3 is 0 Å². The fourth-order valence-corrected chi connectivity index (χ4v) is 3.07. The van der Waals surface area contributed by atoms with Gasteiger partial charge in [0.15, 0.2) is 0 Å². The van der Waals surface area contributed by atoms with Gasteiger partial charge in [-0.25, -0.2) is 0 Å². The monoisotopic (exact) mass is 260 g/mol. The number of hydrogen-bond acceptors (Lipinski definition) is 2. The van der Waals surface area contributed by atoms with E-state index in [0.29, 0.717) is 24.0 Å². The second-order valence-corrected chi connectivity index (χ2v) is 6.10. The van der Waals surface area contributed by atoms with E-state index in [1.807, 2.05) is 0 Å². The molecule has 3 atom stereocenters. The molecule has 0 amide bonds. The van der Waals surface area contributed by atoms with Gasteiger partial charge in [0.05, 0.1) is 0 Å². The number of nitrogens with one attached hydrogen (secondary N) is 1. The lowest BCUT2D eigenvalue weighted by atomic mass is 9.95. The van der Waals surface area contributed by atoms with E-state index in [1.54, 1.807) is 0 Å². The predicted octanol–water partition coefficient (Wildman–Crippen LogP) is 3.46. The van der Waals surface area contributed by atoms with E-state index >= 15 is 0 Å². The van der Waals surface area contributed by atoms with E-state index in [2.05, 4.69) is 68.2 Å². The third-order valence-electron chi connectivity index (χ3n) is 4.55. The maximum atomic E-state index is 3.71. The summed E-state index contributed by atoms with van der Waals surface area (Å²) in [5.74, 6) is 0.697. The fraction of sp³-hybridized carbons (Fsp3) is 0.647. The van der Waals surface area contributed by atoms with Crippen molar-refractivity contribution in [3.8, 4) is 0 Å². The molecule has 1 aliphatic rings. The van der Waals surface area contributed by atoms with Gasteiger partial charge in [0.25, 0.3) is 0 Å². The Kier molecular flexibility index (Phi) is 5.00. The molecule has 2 nitrogen and oxygen atoms in total. The van der Waals surface area contributed by atoms with Crippen molar-refractivity contribution in [2.75, 3.05) is 13.1 Å². The number of nitrogens with zero attached hydrogens (tertiary/aromatic N) is 1. The first kappa shape index (κ1) is 14.5. The largest absolute Gasteiger partial charge is 0.311 e. The normalized spacial score (nSPS) is 26.6. The van der Waals surface area contributed by atoms with Crippen LogP contribution in [0.5, 0.6) is 0 Å².